The van der Waals surface area contributed by atoms with E-state index in [0.29, 0.717) is 17.1 Å². The number of benzene rings is 10. The maximum absolute atomic E-state index is 9.01. The molecule has 2 aliphatic rings. The number of anilines is 3. The molecule has 0 N–H and O–H groups in total. The van der Waals surface area contributed by atoms with Crippen LogP contribution in [-0.4, -0.2) is 0 Å². The predicted octanol–water partition coefficient (Wildman–Crippen LogP) is 16.2. The SMILES string of the molecule is [2H]c1c([2H])c([2H])c(-c2cc(-c3c([2H])c([2H])c([2H])c([2H])c3[2H])cc(N(c3ccc(-c4ccccc4)cc3)c3ccc(-c4ccc5c(c4)C4(c6ccccc6-c6ccccc64)c4ccccc4-5)cc3)c2)c([2H])c1[2H]. The van der Waals surface area contributed by atoms with E-state index in [2.05, 4.69) is 103 Å². The van der Waals surface area contributed by atoms with E-state index < -0.39 is 65.8 Å². The molecule has 0 unspecified atom stereocenters. The monoisotopic (exact) mass is 797 g/mol. The van der Waals surface area contributed by atoms with Crippen LogP contribution < -0.4 is 4.90 Å². The zero-order chi connectivity index (χ0) is 49.7. The summed E-state index contributed by atoms with van der Waals surface area (Å²) in [5, 5.41) is 0. The van der Waals surface area contributed by atoms with Crippen molar-refractivity contribution in [2.45, 2.75) is 5.41 Å². The molecule has 1 spiro atoms. The molecule has 2 aliphatic carbocycles. The molecule has 0 atom stereocenters. The Morgan fingerprint density at radius 2 is 0.677 bits per heavy atom. The minimum absolute atomic E-state index is 0.0877. The second kappa shape index (κ2) is 14.6. The molecule has 0 aromatic heterocycles. The van der Waals surface area contributed by atoms with Crippen LogP contribution in [0, 0.1) is 0 Å². The molecule has 0 bridgehead atoms. The molecule has 0 heterocycles. The molecule has 0 amide bonds. The molecule has 0 radical (unpaired) electrons. The molecule has 62 heavy (non-hydrogen) atoms. The number of hydrogen-bond donors (Lipinski definition) is 0. The van der Waals surface area contributed by atoms with Gasteiger partial charge in [-0.3, -0.25) is 0 Å². The minimum Gasteiger partial charge on any atom is -0.310 e. The molecule has 12 rings (SSSR count). The maximum Gasteiger partial charge on any atom is 0.0725 e. The molecule has 1 heteroatoms. The normalized spacial score (nSPS) is 14.9. The zero-order valence-corrected chi connectivity index (χ0v) is 33.3. The van der Waals surface area contributed by atoms with Crippen molar-refractivity contribution in [1.29, 1.82) is 0 Å². The first-order valence-electron chi connectivity index (χ1n) is 25.7. The van der Waals surface area contributed by atoms with E-state index in [1.54, 1.807) is 12.1 Å². The van der Waals surface area contributed by atoms with Gasteiger partial charge in [0.1, 0.15) is 0 Å². The lowest BCUT2D eigenvalue weighted by Crippen LogP contribution is -2.25. The van der Waals surface area contributed by atoms with Crippen molar-refractivity contribution < 1.29 is 13.7 Å². The minimum atomic E-state index is -0.545. The quantitative estimate of drug-likeness (QED) is 0.155. The third kappa shape index (κ3) is 5.70. The Morgan fingerprint density at radius 3 is 1.18 bits per heavy atom. The summed E-state index contributed by atoms with van der Waals surface area (Å²) >= 11 is 0. The van der Waals surface area contributed by atoms with Crippen molar-refractivity contribution in [2.24, 2.45) is 0 Å². The van der Waals surface area contributed by atoms with Crippen molar-refractivity contribution in [3.63, 3.8) is 0 Å². The Hall–Kier alpha value is -8.00. The Balaban J connectivity index is 1.05. The summed E-state index contributed by atoms with van der Waals surface area (Å²) in [5.41, 5.74) is 15.4. The Kier molecular flexibility index (Phi) is 6.36. The average Bonchev–Trinajstić information content (AvgIpc) is 3.89. The molecule has 0 aliphatic heterocycles. The summed E-state index contributed by atoms with van der Waals surface area (Å²) < 4.78 is 87.0. The van der Waals surface area contributed by atoms with Crippen LogP contribution in [-0.2, 0) is 5.41 Å². The Bertz CT molecular complexity index is 3660. The fraction of sp³-hybridized carbons (Fsp3) is 0.0164. The van der Waals surface area contributed by atoms with Gasteiger partial charge in [0.15, 0.2) is 0 Å². The first kappa shape index (κ1) is 27.0. The van der Waals surface area contributed by atoms with Crippen molar-refractivity contribution >= 4 is 17.1 Å². The molecule has 10 aromatic carbocycles. The highest BCUT2D eigenvalue weighted by molar-refractivity contribution is 5.96. The van der Waals surface area contributed by atoms with Gasteiger partial charge in [-0.2, -0.15) is 0 Å². The molecule has 290 valence electrons. The first-order valence-corrected chi connectivity index (χ1v) is 20.7. The van der Waals surface area contributed by atoms with E-state index in [4.69, 9.17) is 13.7 Å². The number of rotatable bonds is 7. The predicted molar refractivity (Wildman–Crippen MR) is 259 cm³/mol. The van der Waals surface area contributed by atoms with Crippen molar-refractivity contribution in [3.05, 3.63) is 271 Å². The molecule has 1 nitrogen and oxygen atoms in total. The standard InChI is InChI=1S/C61H41N/c1-4-16-42(17-5-1)45-28-33-50(34-29-45)62(52-39-48(43-18-6-2-7-19-43)38-49(40-52)44-20-8-3-9-21-44)51-35-30-46(31-36-51)47-32-37-56-55-24-12-15-27-59(55)61(60(56)41-47)57-25-13-10-22-53(57)54-23-11-14-26-58(54)61/h1-41H/i2D,3D,6D,7D,8D,9D,18D,19D,20D,21D. The third-order valence-electron chi connectivity index (χ3n) is 12.4. The van der Waals surface area contributed by atoms with E-state index >= 15 is 0 Å². The van der Waals surface area contributed by atoms with E-state index in [-0.39, 0.29) is 22.3 Å². The van der Waals surface area contributed by atoms with Crippen molar-refractivity contribution in [1.82, 2.24) is 0 Å². The van der Waals surface area contributed by atoms with Crippen molar-refractivity contribution in [2.75, 3.05) is 4.90 Å². The van der Waals surface area contributed by atoms with Crippen LogP contribution >= 0.6 is 0 Å². The Labute approximate surface area is 377 Å². The first-order chi connectivity index (χ1) is 34.9. The van der Waals surface area contributed by atoms with E-state index in [0.717, 1.165) is 22.3 Å². The smallest absolute Gasteiger partial charge is 0.0725 e. The van der Waals surface area contributed by atoms with Crippen molar-refractivity contribution in [3.8, 4) is 66.8 Å². The maximum atomic E-state index is 9.01. The van der Waals surface area contributed by atoms with Gasteiger partial charge < -0.3 is 4.90 Å². The highest BCUT2D eigenvalue weighted by Gasteiger charge is 2.51. The molecule has 0 saturated heterocycles. The van der Waals surface area contributed by atoms with Crippen LogP contribution in [0.15, 0.2) is 248 Å². The topological polar surface area (TPSA) is 3.24 Å². The van der Waals surface area contributed by atoms with Crippen LogP contribution in [0.4, 0.5) is 17.1 Å². The molecular weight excluding hydrogens is 747 g/mol. The molecule has 0 fully saturated rings. The van der Waals surface area contributed by atoms with Gasteiger partial charge in [-0.05, 0) is 138 Å². The lowest BCUT2D eigenvalue weighted by Gasteiger charge is -2.30. The number of fused-ring (bicyclic) bond motifs is 10. The highest BCUT2D eigenvalue weighted by Crippen LogP contribution is 2.63. The van der Waals surface area contributed by atoms with E-state index in [1.165, 1.54) is 50.6 Å². The van der Waals surface area contributed by atoms with Gasteiger partial charge in [0.05, 0.1) is 19.1 Å². The summed E-state index contributed by atoms with van der Waals surface area (Å²) in [6, 6.07) is 59.1. The summed E-state index contributed by atoms with van der Waals surface area (Å²) in [7, 11) is 0. The summed E-state index contributed by atoms with van der Waals surface area (Å²) in [4.78, 5) is 1.97. The third-order valence-corrected chi connectivity index (χ3v) is 12.4. The van der Waals surface area contributed by atoms with Gasteiger partial charge in [-0.25, -0.2) is 0 Å². The summed E-state index contributed by atoms with van der Waals surface area (Å²) in [6.07, 6.45) is 0. The lowest BCUT2D eigenvalue weighted by molar-refractivity contribution is 0.794. The van der Waals surface area contributed by atoms with Gasteiger partial charge in [-0.1, -0.05) is 200 Å². The lowest BCUT2D eigenvalue weighted by atomic mass is 9.70. The molecular formula is C61H41N. The van der Waals surface area contributed by atoms with Gasteiger partial charge >= 0.3 is 0 Å². The van der Waals surface area contributed by atoms with E-state index in [1.807, 2.05) is 71.6 Å². The zero-order valence-electron chi connectivity index (χ0n) is 43.3. The second-order valence-corrected chi connectivity index (χ2v) is 15.7. The van der Waals surface area contributed by atoms with Gasteiger partial charge in [-0.15, -0.1) is 0 Å². The Morgan fingerprint density at radius 1 is 0.274 bits per heavy atom. The molecule has 10 aromatic rings. The number of nitrogens with zero attached hydrogens (tertiary/aromatic N) is 1. The largest absolute Gasteiger partial charge is 0.310 e. The second-order valence-electron chi connectivity index (χ2n) is 15.7. The van der Waals surface area contributed by atoms with Crippen LogP contribution in [0.25, 0.3) is 66.8 Å². The van der Waals surface area contributed by atoms with Crippen LogP contribution in [0.3, 0.4) is 0 Å². The van der Waals surface area contributed by atoms with Gasteiger partial charge in [0, 0.05) is 17.1 Å². The van der Waals surface area contributed by atoms with Crippen LogP contribution in [0.1, 0.15) is 36.0 Å². The highest BCUT2D eigenvalue weighted by atomic mass is 15.1. The van der Waals surface area contributed by atoms with Crippen LogP contribution in [0.2, 0.25) is 0 Å². The van der Waals surface area contributed by atoms with E-state index in [9.17, 15) is 0 Å². The number of hydrogen-bond acceptors (Lipinski definition) is 1. The summed E-state index contributed by atoms with van der Waals surface area (Å²) in [5.74, 6) is 0. The fourth-order valence-corrected chi connectivity index (χ4v) is 9.78. The van der Waals surface area contributed by atoms with Gasteiger partial charge in [0.2, 0.25) is 0 Å². The average molecular weight is 798 g/mol. The molecule has 0 saturated carbocycles. The van der Waals surface area contributed by atoms with Crippen LogP contribution in [0.5, 0.6) is 0 Å². The summed E-state index contributed by atoms with van der Waals surface area (Å²) in [6.45, 7) is 0. The fourth-order valence-electron chi connectivity index (χ4n) is 9.78. The van der Waals surface area contributed by atoms with Gasteiger partial charge in [0.25, 0.3) is 0 Å².